The van der Waals surface area contributed by atoms with Gasteiger partial charge in [0.05, 0.1) is 15.8 Å². The molecule has 0 bridgehead atoms. The van der Waals surface area contributed by atoms with Crippen molar-refractivity contribution in [1.29, 1.82) is 0 Å². The van der Waals surface area contributed by atoms with Crippen LogP contribution in [0.3, 0.4) is 0 Å². The van der Waals surface area contributed by atoms with E-state index < -0.39 is 16.2 Å². The molecule has 0 aliphatic heterocycles. The van der Waals surface area contributed by atoms with Crippen LogP contribution in [0.2, 0.25) is 0 Å². The Kier molecular flexibility index (Phi) is 2.35. The Morgan fingerprint density at radius 3 is 2.56 bits per heavy atom. The fraction of sp³-hybridized carbons (Fsp3) is 0. The smallest absolute Gasteiger partial charge is 0.306 e. The largest absolute Gasteiger partial charge is 0.326 e. The van der Waals surface area contributed by atoms with E-state index in [4.69, 9.17) is 0 Å². The van der Waals surface area contributed by atoms with Gasteiger partial charge < -0.3 is 4.98 Å². The lowest BCUT2D eigenvalue weighted by Crippen LogP contribution is -2.22. The molecule has 0 unspecified atom stereocenters. The summed E-state index contributed by atoms with van der Waals surface area (Å²) in [5.41, 5.74) is -1.31. The second-order valence-electron chi connectivity index (χ2n) is 3.02. The minimum atomic E-state index is -0.664. The van der Waals surface area contributed by atoms with Gasteiger partial charge in [0.1, 0.15) is 0 Å². The Morgan fingerprint density at radius 1 is 1.25 bits per heavy atom. The lowest BCUT2D eigenvalue weighted by molar-refractivity contribution is -0.384. The standard InChI is InChI=1S/C8H4BrN3O4/c9-5-2-3(12(15)16)1-4-6(5)10-8(14)11-7(4)13/h1-2H,(H2,10,11,13,14). The number of benzene rings is 1. The molecule has 2 aromatic rings. The van der Waals surface area contributed by atoms with E-state index in [0.717, 1.165) is 6.07 Å². The molecule has 2 rings (SSSR count). The van der Waals surface area contributed by atoms with Gasteiger partial charge in [-0.25, -0.2) is 4.79 Å². The number of nitrogens with one attached hydrogen (secondary N) is 2. The summed E-state index contributed by atoms with van der Waals surface area (Å²) in [6, 6.07) is 2.33. The fourth-order valence-corrected chi connectivity index (χ4v) is 1.87. The number of rotatable bonds is 1. The van der Waals surface area contributed by atoms with Crippen molar-refractivity contribution in [2.24, 2.45) is 0 Å². The van der Waals surface area contributed by atoms with Crippen molar-refractivity contribution in [3.63, 3.8) is 0 Å². The van der Waals surface area contributed by atoms with Crippen LogP contribution in [0.25, 0.3) is 10.9 Å². The molecule has 0 radical (unpaired) electrons. The van der Waals surface area contributed by atoms with Crippen molar-refractivity contribution < 1.29 is 4.92 Å². The van der Waals surface area contributed by atoms with Crippen LogP contribution < -0.4 is 11.2 Å². The quantitative estimate of drug-likeness (QED) is 0.599. The highest BCUT2D eigenvalue weighted by atomic mass is 79.9. The normalized spacial score (nSPS) is 10.6. The van der Waals surface area contributed by atoms with Gasteiger partial charge in [0.25, 0.3) is 11.2 Å². The molecule has 1 heterocycles. The Bertz CT molecular complexity index is 702. The predicted molar refractivity (Wildman–Crippen MR) is 59.5 cm³/mol. The number of hydrogen-bond donors (Lipinski definition) is 2. The molecule has 1 aromatic heterocycles. The number of fused-ring (bicyclic) bond motifs is 1. The summed E-state index contributed by atoms with van der Waals surface area (Å²) in [5, 5.41) is 10.6. The van der Waals surface area contributed by atoms with Crippen LogP contribution in [0.1, 0.15) is 0 Å². The zero-order valence-electron chi connectivity index (χ0n) is 7.61. The molecule has 0 saturated carbocycles. The van der Waals surface area contributed by atoms with Gasteiger partial charge in [-0.3, -0.25) is 19.9 Å². The molecule has 2 N–H and O–H groups in total. The number of aromatic amines is 2. The monoisotopic (exact) mass is 285 g/mol. The van der Waals surface area contributed by atoms with Gasteiger partial charge in [0, 0.05) is 16.6 Å². The minimum absolute atomic E-state index is 0.0562. The lowest BCUT2D eigenvalue weighted by Gasteiger charge is -1.99. The van der Waals surface area contributed by atoms with Crippen LogP contribution in [0.4, 0.5) is 5.69 Å². The second kappa shape index (κ2) is 3.56. The lowest BCUT2D eigenvalue weighted by atomic mass is 10.2. The van der Waals surface area contributed by atoms with Crippen molar-refractivity contribution in [1.82, 2.24) is 9.97 Å². The molecule has 0 atom stereocenters. The minimum Gasteiger partial charge on any atom is -0.306 e. The zero-order valence-corrected chi connectivity index (χ0v) is 9.20. The van der Waals surface area contributed by atoms with E-state index in [1.165, 1.54) is 6.07 Å². The predicted octanol–water partition coefficient (Wildman–Crippen LogP) is 0.887. The maximum absolute atomic E-state index is 11.4. The number of hydrogen-bond acceptors (Lipinski definition) is 4. The summed E-state index contributed by atoms with van der Waals surface area (Å²) >= 11 is 3.06. The number of non-ortho nitro benzene ring substituents is 1. The van der Waals surface area contributed by atoms with Crippen molar-refractivity contribution >= 4 is 32.5 Å². The fourth-order valence-electron chi connectivity index (χ4n) is 1.32. The third-order valence-corrected chi connectivity index (χ3v) is 2.62. The highest BCUT2D eigenvalue weighted by molar-refractivity contribution is 9.10. The Hall–Kier alpha value is -1.96. The highest BCUT2D eigenvalue weighted by Gasteiger charge is 2.12. The van der Waals surface area contributed by atoms with Crippen molar-refractivity contribution in [2.45, 2.75) is 0 Å². The van der Waals surface area contributed by atoms with Crippen molar-refractivity contribution in [3.8, 4) is 0 Å². The van der Waals surface area contributed by atoms with E-state index in [2.05, 4.69) is 20.9 Å². The number of nitro groups is 1. The molecule has 7 nitrogen and oxygen atoms in total. The maximum atomic E-state index is 11.4. The Balaban J connectivity index is 2.98. The number of nitrogens with zero attached hydrogens (tertiary/aromatic N) is 1. The van der Waals surface area contributed by atoms with Crippen molar-refractivity contribution in [2.75, 3.05) is 0 Å². The van der Waals surface area contributed by atoms with Crippen LogP contribution in [-0.4, -0.2) is 14.9 Å². The van der Waals surface area contributed by atoms with E-state index in [-0.39, 0.29) is 16.6 Å². The first kappa shape index (κ1) is 10.6. The van der Waals surface area contributed by atoms with Crippen LogP contribution in [0.15, 0.2) is 26.2 Å². The molecule has 0 saturated heterocycles. The molecule has 82 valence electrons. The zero-order chi connectivity index (χ0) is 11.9. The number of nitro benzene ring substituents is 1. The third kappa shape index (κ3) is 1.63. The topological polar surface area (TPSA) is 109 Å². The van der Waals surface area contributed by atoms with Crippen LogP contribution >= 0.6 is 15.9 Å². The summed E-state index contributed by atoms with van der Waals surface area (Å²) in [6.07, 6.45) is 0. The van der Waals surface area contributed by atoms with Gasteiger partial charge in [0.2, 0.25) is 0 Å². The molecule has 0 aliphatic rings. The second-order valence-corrected chi connectivity index (χ2v) is 3.87. The van der Waals surface area contributed by atoms with Gasteiger partial charge in [0.15, 0.2) is 0 Å². The van der Waals surface area contributed by atoms with Gasteiger partial charge in [-0.05, 0) is 15.9 Å². The summed E-state index contributed by atoms with van der Waals surface area (Å²) < 4.78 is 0.292. The number of aromatic nitrogens is 2. The van der Waals surface area contributed by atoms with E-state index in [1.54, 1.807) is 0 Å². The first-order valence-corrected chi connectivity index (χ1v) is 4.88. The Morgan fingerprint density at radius 2 is 1.94 bits per heavy atom. The Labute approximate surface area is 95.4 Å². The number of halogens is 1. The van der Waals surface area contributed by atoms with E-state index in [1.807, 2.05) is 4.98 Å². The summed E-state index contributed by atoms with van der Waals surface area (Å²) in [7, 11) is 0. The molecule has 0 amide bonds. The number of H-pyrrole nitrogens is 2. The highest BCUT2D eigenvalue weighted by Crippen LogP contribution is 2.25. The van der Waals surface area contributed by atoms with Gasteiger partial charge >= 0.3 is 5.69 Å². The molecule has 16 heavy (non-hydrogen) atoms. The molecular formula is C8H4BrN3O4. The molecule has 0 spiro atoms. The average Bonchev–Trinajstić information content (AvgIpc) is 2.19. The first-order valence-electron chi connectivity index (χ1n) is 4.09. The van der Waals surface area contributed by atoms with E-state index in [9.17, 15) is 19.7 Å². The molecule has 0 fully saturated rings. The van der Waals surface area contributed by atoms with E-state index >= 15 is 0 Å². The van der Waals surface area contributed by atoms with E-state index in [0.29, 0.717) is 4.47 Å². The van der Waals surface area contributed by atoms with Gasteiger partial charge in [-0.1, -0.05) is 0 Å². The van der Waals surface area contributed by atoms with Crippen LogP contribution in [0.5, 0.6) is 0 Å². The van der Waals surface area contributed by atoms with Crippen LogP contribution in [0, 0.1) is 10.1 Å². The third-order valence-electron chi connectivity index (χ3n) is 2.00. The van der Waals surface area contributed by atoms with Gasteiger partial charge in [-0.15, -0.1) is 0 Å². The average molecular weight is 286 g/mol. The molecular weight excluding hydrogens is 282 g/mol. The van der Waals surface area contributed by atoms with Gasteiger partial charge in [-0.2, -0.15) is 0 Å². The maximum Gasteiger partial charge on any atom is 0.326 e. The first-order chi connectivity index (χ1) is 7.49. The van der Waals surface area contributed by atoms with Crippen molar-refractivity contribution in [3.05, 3.63) is 47.6 Å². The SMILES string of the molecule is O=c1[nH]c(=O)c2cc([N+](=O)[O-])cc(Br)c2[nH]1. The summed E-state index contributed by atoms with van der Waals surface area (Å²) in [5.74, 6) is 0. The molecule has 1 aromatic carbocycles. The summed E-state index contributed by atoms with van der Waals surface area (Å²) in [6.45, 7) is 0. The van der Waals surface area contributed by atoms with Crippen LogP contribution in [-0.2, 0) is 0 Å². The molecule has 8 heteroatoms. The molecule has 0 aliphatic carbocycles. The summed E-state index contributed by atoms with van der Waals surface area (Å²) in [4.78, 5) is 36.8.